The van der Waals surface area contributed by atoms with Crippen LogP contribution in [0.2, 0.25) is 5.02 Å². The van der Waals surface area contributed by atoms with Crippen molar-refractivity contribution in [3.05, 3.63) is 45.7 Å². The molecule has 0 atom stereocenters. The monoisotopic (exact) mass is 348 g/mol. The van der Waals surface area contributed by atoms with Gasteiger partial charge in [-0.15, -0.1) is 0 Å². The summed E-state index contributed by atoms with van der Waals surface area (Å²) in [6.45, 7) is 0. The van der Waals surface area contributed by atoms with Crippen LogP contribution in [-0.2, 0) is 5.33 Å². The zero-order chi connectivity index (χ0) is 10.8. The summed E-state index contributed by atoms with van der Waals surface area (Å²) >= 11 is 13.0. The Labute approximate surface area is 109 Å². The van der Waals surface area contributed by atoms with E-state index in [9.17, 15) is 0 Å². The van der Waals surface area contributed by atoms with Gasteiger partial charge in [-0.1, -0.05) is 39.7 Å². The number of alkyl halides is 1. The van der Waals surface area contributed by atoms with Crippen LogP contribution in [0.4, 0.5) is 0 Å². The molecule has 2 rings (SSSR count). The summed E-state index contributed by atoms with van der Waals surface area (Å²) in [6, 6.07) is 5.81. The average Bonchev–Trinajstić information content (AvgIpc) is 2.64. The highest BCUT2D eigenvalue weighted by molar-refractivity contribution is 9.10. The highest BCUT2D eigenvalue weighted by Gasteiger charge is 2.09. The minimum atomic E-state index is 0.697. The van der Waals surface area contributed by atoms with Crippen molar-refractivity contribution in [2.75, 3.05) is 0 Å². The molecule has 5 heteroatoms. The Bertz CT molecular complexity index is 482. The van der Waals surface area contributed by atoms with Crippen molar-refractivity contribution in [3.63, 3.8) is 0 Å². The molecule has 0 N–H and O–H groups in total. The second-order valence-electron chi connectivity index (χ2n) is 2.98. The maximum absolute atomic E-state index is 6.15. The van der Waals surface area contributed by atoms with E-state index in [4.69, 9.17) is 11.6 Å². The van der Waals surface area contributed by atoms with Crippen LogP contribution < -0.4 is 0 Å². The Hall–Kier alpha value is -0.320. The van der Waals surface area contributed by atoms with Crippen LogP contribution in [0.25, 0.3) is 5.69 Å². The molecule has 0 aliphatic heterocycles. The highest BCUT2D eigenvalue weighted by Crippen LogP contribution is 2.26. The molecule has 0 bridgehead atoms. The minimum Gasteiger partial charge on any atom is -0.238 e. The zero-order valence-electron chi connectivity index (χ0n) is 7.62. The fraction of sp³-hybridized carbons (Fsp3) is 0.100. The SMILES string of the molecule is Clc1cccc(CBr)c1-n1cc(Br)cn1. The van der Waals surface area contributed by atoms with Crippen LogP contribution in [0, 0.1) is 0 Å². The van der Waals surface area contributed by atoms with Crippen molar-refractivity contribution in [2.24, 2.45) is 0 Å². The fourth-order valence-corrected chi connectivity index (χ4v) is 2.37. The van der Waals surface area contributed by atoms with Gasteiger partial charge in [0.05, 0.1) is 21.4 Å². The lowest BCUT2D eigenvalue weighted by Gasteiger charge is -2.08. The summed E-state index contributed by atoms with van der Waals surface area (Å²) in [5.41, 5.74) is 2.03. The lowest BCUT2D eigenvalue weighted by atomic mass is 10.2. The summed E-state index contributed by atoms with van der Waals surface area (Å²) < 4.78 is 2.70. The largest absolute Gasteiger partial charge is 0.238 e. The van der Waals surface area contributed by atoms with Gasteiger partial charge >= 0.3 is 0 Å². The molecular weight excluding hydrogens is 343 g/mol. The van der Waals surface area contributed by atoms with Crippen molar-refractivity contribution < 1.29 is 0 Å². The Morgan fingerprint density at radius 1 is 1.40 bits per heavy atom. The van der Waals surface area contributed by atoms with Gasteiger partial charge in [-0.05, 0) is 27.6 Å². The van der Waals surface area contributed by atoms with Crippen LogP contribution >= 0.6 is 43.5 Å². The van der Waals surface area contributed by atoms with Crippen molar-refractivity contribution in [1.82, 2.24) is 9.78 Å². The zero-order valence-corrected chi connectivity index (χ0v) is 11.6. The number of hydrogen-bond donors (Lipinski definition) is 0. The van der Waals surface area contributed by atoms with E-state index in [0.717, 1.165) is 21.1 Å². The van der Waals surface area contributed by atoms with Gasteiger partial charge in [0.2, 0.25) is 0 Å². The molecule has 78 valence electrons. The molecule has 0 unspecified atom stereocenters. The van der Waals surface area contributed by atoms with E-state index in [1.165, 1.54) is 0 Å². The molecule has 0 aliphatic rings. The van der Waals surface area contributed by atoms with Gasteiger partial charge in [0.25, 0.3) is 0 Å². The Morgan fingerprint density at radius 3 is 2.80 bits per heavy atom. The van der Waals surface area contributed by atoms with Crippen molar-refractivity contribution in [2.45, 2.75) is 5.33 Å². The van der Waals surface area contributed by atoms with E-state index in [1.54, 1.807) is 10.9 Å². The molecule has 1 aromatic heterocycles. The first-order valence-electron chi connectivity index (χ1n) is 4.26. The predicted octanol–water partition coefficient (Wildman–Crippen LogP) is 4.18. The molecule has 2 nitrogen and oxygen atoms in total. The summed E-state index contributed by atoms with van der Waals surface area (Å²) in [4.78, 5) is 0. The first-order valence-corrected chi connectivity index (χ1v) is 6.55. The Kier molecular flexibility index (Phi) is 3.49. The van der Waals surface area contributed by atoms with Crippen molar-refractivity contribution in [1.29, 1.82) is 0 Å². The van der Waals surface area contributed by atoms with E-state index in [1.807, 2.05) is 24.4 Å². The number of hydrogen-bond acceptors (Lipinski definition) is 1. The van der Waals surface area contributed by atoms with Gasteiger partial charge in [-0.3, -0.25) is 0 Å². The number of halogens is 3. The quantitative estimate of drug-likeness (QED) is 0.743. The molecule has 0 radical (unpaired) electrons. The number of para-hydroxylation sites is 1. The molecule has 0 aliphatic carbocycles. The second-order valence-corrected chi connectivity index (χ2v) is 4.87. The van der Waals surface area contributed by atoms with Gasteiger partial charge in [0.1, 0.15) is 0 Å². The van der Waals surface area contributed by atoms with Gasteiger partial charge in [-0.25, -0.2) is 4.68 Å². The van der Waals surface area contributed by atoms with Gasteiger partial charge < -0.3 is 0 Å². The van der Waals surface area contributed by atoms with Crippen molar-refractivity contribution >= 4 is 43.5 Å². The number of aromatic nitrogens is 2. The van der Waals surface area contributed by atoms with Crippen molar-refractivity contribution in [3.8, 4) is 5.69 Å². The summed E-state index contributed by atoms with van der Waals surface area (Å²) in [7, 11) is 0. The third-order valence-corrected chi connectivity index (χ3v) is 3.31. The molecule has 2 aromatic rings. The molecule has 1 aromatic carbocycles. The van der Waals surface area contributed by atoms with Crippen LogP contribution in [0.3, 0.4) is 0 Å². The van der Waals surface area contributed by atoms with Gasteiger partial charge in [-0.2, -0.15) is 5.10 Å². The van der Waals surface area contributed by atoms with Crippen LogP contribution in [0.15, 0.2) is 35.1 Å². The average molecular weight is 350 g/mol. The normalized spacial score (nSPS) is 10.6. The third kappa shape index (κ3) is 2.27. The van der Waals surface area contributed by atoms with Crippen LogP contribution in [0.1, 0.15) is 5.56 Å². The van der Waals surface area contributed by atoms with E-state index in [2.05, 4.69) is 37.0 Å². The molecule has 0 saturated carbocycles. The van der Waals surface area contributed by atoms with Gasteiger partial charge in [0, 0.05) is 11.5 Å². The standard InChI is InChI=1S/C10H7Br2ClN2/c11-4-7-2-1-3-9(13)10(7)15-6-8(12)5-14-15/h1-3,5-6H,4H2. The maximum atomic E-state index is 6.15. The third-order valence-electron chi connectivity index (χ3n) is 1.99. The first kappa shape index (κ1) is 11.2. The summed E-state index contributed by atoms with van der Waals surface area (Å²) in [5.74, 6) is 0. The molecular formula is C10H7Br2ClN2. The topological polar surface area (TPSA) is 17.8 Å². The number of rotatable bonds is 2. The summed E-state index contributed by atoms with van der Waals surface area (Å²) in [5, 5.41) is 5.67. The lowest BCUT2D eigenvalue weighted by Crippen LogP contribution is -1.99. The second kappa shape index (κ2) is 4.68. The number of benzene rings is 1. The Morgan fingerprint density at radius 2 is 2.20 bits per heavy atom. The highest BCUT2D eigenvalue weighted by atomic mass is 79.9. The Balaban J connectivity index is 2.60. The van der Waals surface area contributed by atoms with E-state index < -0.39 is 0 Å². The molecule has 0 fully saturated rings. The fourth-order valence-electron chi connectivity index (χ4n) is 1.35. The van der Waals surface area contributed by atoms with E-state index in [-0.39, 0.29) is 0 Å². The predicted molar refractivity (Wildman–Crippen MR) is 68.9 cm³/mol. The molecule has 1 heterocycles. The first-order chi connectivity index (χ1) is 7.22. The lowest BCUT2D eigenvalue weighted by molar-refractivity contribution is 0.872. The van der Waals surface area contributed by atoms with Gasteiger partial charge in [0.15, 0.2) is 0 Å². The molecule has 0 amide bonds. The smallest absolute Gasteiger partial charge is 0.0872 e. The maximum Gasteiger partial charge on any atom is 0.0872 e. The van der Waals surface area contributed by atoms with Crippen LogP contribution in [0.5, 0.6) is 0 Å². The molecule has 0 saturated heterocycles. The van der Waals surface area contributed by atoms with E-state index >= 15 is 0 Å². The minimum absolute atomic E-state index is 0.697. The number of nitrogens with zero attached hydrogens (tertiary/aromatic N) is 2. The van der Waals surface area contributed by atoms with E-state index in [0.29, 0.717) is 5.02 Å². The summed E-state index contributed by atoms with van der Waals surface area (Å²) in [6.07, 6.45) is 3.62. The molecule has 0 spiro atoms. The molecule has 15 heavy (non-hydrogen) atoms. The van der Waals surface area contributed by atoms with Crippen LogP contribution in [-0.4, -0.2) is 9.78 Å².